The highest BCUT2D eigenvalue weighted by Gasteiger charge is 2.10. The second-order valence-corrected chi connectivity index (χ2v) is 5.15. The fraction of sp³-hybridized carbons (Fsp3) is 0.231. The van der Waals surface area contributed by atoms with E-state index in [2.05, 4.69) is 15.3 Å². The lowest BCUT2D eigenvalue weighted by Gasteiger charge is -2.03. The molecule has 2 heterocycles. The molecule has 0 spiro atoms. The van der Waals surface area contributed by atoms with Crippen molar-refractivity contribution >= 4 is 23.2 Å². The van der Waals surface area contributed by atoms with Crippen LogP contribution in [0.4, 0.5) is 0 Å². The van der Waals surface area contributed by atoms with E-state index in [-0.39, 0.29) is 18.1 Å². The first-order chi connectivity index (χ1) is 10.1. The van der Waals surface area contributed by atoms with E-state index in [9.17, 15) is 9.59 Å². The molecule has 7 nitrogen and oxygen atoms in total. The summed E-state index contributed by atoms with van der Waals surface area (Å²) < 4.78 is 0. The zero-order valence-electron chi connectivity index (χ0n) is 11.1. The standard InChI is InChI=1S/C13H14N4O3S/c14-4-3-11-17-10(7-21-11)12(18)16-6-8-1-2-9(13(19)20)15-5-8/h1-2,5,7H,3-4,6,14H2,(H,16,18)(H,19,20). The third-order valence-corrected chi connectivity index (χ3v) is 3.55. The molecule has 21 heavy (non-hydrogen) atoms. The van der Waals surface area contributed by atoms with Crippen LogP contribution in [0.3, 0.4) is 0 Å². The largest absolute Gasteiger partial charge is 0.477 e. The Morgan fingerprint density at radius 3 is 2.76 bits per heavy atom. The van der Waals surface area contributed by atoms with E-state index in [1.54, 1.807) is 11.4 Å². The summed E-state index contributed by atoms with van der Waals surface area (Å²) in [7, 11) is 0. The summed E-state index contributed by atoms with van der Waals surface area (Å²) in [6.45, 7) is 0.756. The van der Waals surface area contributed by atoms with Crippen LogP contribution >= 0.6 is 11.3 Å². The van der Waals surface area contributed by atoms with E-state index in [1.165, 1.54) is 23.6 Å². The maximum atomic E-state index is 11.9. The summed E-state index contributed by atoms with van der Waals surface area (Å²) in [5.74, 6) is -1.36. The van der Waals surface area contributed by atoms with Crippen molar-refractivity contribution in [3.63, 3.8) is 0 Å². The SMILES string of the molecule is NCCc1nc(C(=O)NCc2ccc(C(=O)O)nc2)cs1. The van der Waals surface area contributed by atoms with E-state index in [4.69, 9.17) is 10.8 Å². The van der Waals surface area contributed by atoms with Gasteiger partial charge < -0.3 is 16.2 Å². The van der Waals surface area contributed by atoms with Crippen LogP contribution in [0, 0.1) is 0 Å². The Hall–Kier alpha value is -2.32. The molecule has 0 saturated heterocycles. The molecule has 0 bridgehead atoms. The van der Waals surface area contributed by atoms with E-state index in [0.29, 0.717) is 24.2 Å². The Bertz CT molecular complexity index is 639. The molecule has 2 aromatic heterocycles. The van der Waals surface area contributed by atoms with Crippen molar-refractivity contribution in [2.24, 2.45) is 5.73 Å². The van der Waals surface area contributed by atoms with Crippen molar-refractivity contribution in [3.8, 4) is 0 Å². The summed E-state index contributed by atoms with van der Waals surface area (Å²) in [5.41, 5.74) is 6.47. The number of carbonyl (C=O) groups excluding carboxylic acids is 1. The molecule has 0 aromatic carbocycles. The number of rotatable bonds is 6. The van der Waals surface area contributed by atoms with Crippen molar-refractivity contribution in [3.05, 3.63) is 45.7 Å². The fourth-order valence-corrected chi connectivity index (χ4v) is 2.38. The molecule has 2 rings (SSSR count). The van der Waals surface area contributed by atoms with Gasteiger partial charge in [-0.1, -0.05) is 6.07 Å². The van der Waals surface area contributed by atoms with Gasteiger partial charge in [-0.25, -0.2) is 14.8 Å². The van der Waals surface area contributed by atoms with Gasteiger partial charge in [-0.2, -0.15) is 0 Å². The molecule has 4 N–H and O–H groups in total. The van der Waals surface area contributed by atoms with Crippen molar-refractivity contribution in [1.82, 2.24) is 15.3 Å². The van der Waals surface area contributed by atoms with Crippen molar-refractivity contribution in [1.29, 1.82) is 0 Å². The highest BCUT2D eigenvalue weighted by atomic mass is 32.1. The van der Waals surface area contributed by atoms with E-state index in [1.807, 2.05) is 0 Å². The quantitative estimate of drug-likeness (QED) is 0.721. The number of hydrogen-bond acceptors (Lipinski definition) is 6. The lowest BCUT2D eigenvalue weighted by Crippen LogP contribution is -2.23. The van der Waals surface area contributed by atoms with Crippen LogP contribution in [0.2, 0.25) is 0 Å². The first-order valence-corrected chi connectivity index (χ1v) is 7.09. The lowest BCUT2D eigenvalue weighted by molar-refractivity contribution is 0.0690. The molecular formula is C13H14N4O3S. The van der Waals surface area contributed by atoms with E-state index in [0.717, 1.165) is 5.01 Å². The van der Waals surface area contributed by atoms with Gasteiger partial charge in [-0.15, -0.1) is 11.3 Å². The Morgan fingerprint density at radius 1 is 1.33 bits per heavy atom. The molecule has 0 radical (unpaired) electrons. The average Bonchev–Trinajstić information content (AvgIpc) is 2.94. The third-order valence-electron chi connectivity index (χ3n) is 2.64. The predicted molar refractivity (Wildman–Crippen MR) is 77.2 cm³/mol. The zero-order valence-corrected chi connectivity index (χ0v) is 11.9. The van der Waals surface area contributed by atoms with E-state index < -0.39 is 5.97 Å². The molecular weight excluding hydrogens is 292 g/mol. The van der Waals surface area contributed by atoms with Crippen LogP contribution in [-0.4, -0.2) is 33.5 Å². The van der Waals surface area contributed by atoms with Crippen LogP contribution < -0.4 is 11.1 Å². The maximum Gasteiger partial charge on any atom is 0.354 e. The average molecular weight is 306 g/mol. The molecule has 0 fully saturated rings. The Balaban J connectivity index is 1.92. The van der Waals surface area contributed by atoms with Crippen LogP contribution in [0.15, 0.2) is 23.7 Å². The number of carboxylic acid groups (broad SMARTS) is 1. The number of carbonyl (C=O) groups is 2. The minimum Gasteiger partial charge on any atom is -0.477 e. The van der Waals surface area contributed by atoms with E-state index >= 15 is 0 Å². The lowest BCUT2D eigenvalue weighted by atomic mass is 10.2. The summed E-state index contributed by atoms with van der Waals surface area (Å²) in [6.07, 6.45) is 2.07. The molecule has 0 atom stereocenters. The minimum atomic E-state index is -1.08. The molecule has 0 aliphatic rings. The van der Waals surface area contributed by atoms with Crippen LogP contribution in [0.25, 0.3) is 0 Å². The molecule has 0 unspecified atom stereocenters. The van der Waals surface area contributed by atoms with Crippen molar-refractivity contribution in [2.45, 2.75) is 13.0 Å². The topological polar surface area (TPSA) is 118 Å². The molecule has 1 amide bonds. The third kappa shape index (κ3) is 4.07. The molecule has 110 valence electrons. The van der Waals surface area contributed by atoms with Gasteiger partial charge in [-0.05, 0) is 18.2 Å². The highest BCUT2D eigenvalue weighted by molar-refractivity contribution is 7.09. The summed E-state index contributed by atoms with van der Waals surface area (Å²) >= 11 is 1.40. The normalized spacial score (nSPS) is 10.3. The number of thiazole rings is 1. The smallest absolute Gasteiger partial charge is 0.354 e. The molecule has 0 aliphatic heterocycles. The van der Waals surface area contributed by atoms with Gasteiger partial charge in [0.1, 0.15) is 11.4 Å². The second kappa shape index (κ2) is 6.91. The van der Waals surface area contributed by atoms with Gasteiger partial charge in [0.25, 0.3) is 5.91 Å². The molecule has 0 aliphatic carbocycles. The zero-order chi connectivity index (χ0) is 15.2. The van der Waals surface area contributed by atoms with Crippen LogP contribution in [0.1, 0.15) is 31.5 Å². The minimum absolute atomic E-state index is 0.0315. The Kier molecular flexibility index (Phi) is 4.96. The monoisotopic (exact) mass is 306 g/mol. The number of nitrogens with zero attached hydrogens (tertiary/aromatic N) is 2. The number of nitrogens with two attached hydrogens (primary N) is 1. The van der Waals surface area contributed by atoms with Crippen molar-refractivity contribution < 1.29 is 14.7 Å². The van der Waals surface area contributed by atoms with Crippen molar-refractivity contribution in [2.75, 3.05) is 6.54 Å². The van der Waals surface area contributed by atoms with Crippen LogP contribution in [-0.2, 0) is 13.0 Å². The number of amides is 1. The Labute approximate surface area is 124 Å². The van der Waals surface area contributed by atoms with Gasteiger partial charge >= 0.3 is 5.97 Å². The number of hydrogen-bond donors (Lipinski definition) is 3. The first-order valence-electron chi connectivity index (χ1n) is 6.21. The fourth-order valence-electron chi connectivity index (χ4n) is 1.58. The number of nitrogens with one attached hydrogen (secondary N) is 1. The predicted octanol–water partition coefficient (Wildman–Crippen LogP) is 0.667. The van der Waals surface area contributed by atoms with Gasteiger partial charge in [0, 0.05) is 24.5 Å². The van der Waals surface area contributed by atoms with Crippen LogP contribution in [0.5, 0.6) is 0 Å². The summed E-state index contributed by atoms with van der Waals surface area (Å²) in [4.78, 5) is 30.5. The molecule has 0 saturated carbocycles. The highest BCUT2D eigenvalue weighted by Crippen LogP contribution is 2.10. The number of pyridine rings is 1. The summed E-state index contributed by atoms with van der Waals surface area (Å²) in [6, 6.07) is 3.00. The number of carboxylic acids is 1. The number of aromatic carboxylic acids is 1. The van der Waals surface area contributed by atoms with Gasteiger partial charge in [0.2, 0.25) is 0 Å². The summed E-state index contributed by atoms with van der Waals surface area (Å²) in [5, 5.41) is 14.0. The molecule has 2 aromatic rings. The molecule has 8 heteroatoms. The van der Waals surface area contributed by atoms with Gasteiger partial charge in [-0.3, -0.25) is 4.79 Å². The second-order valence-electron chi connectivity index (χ2n) is 4.20. The maximum absolute atomic E-state index is 11.9. The number of aromatic nitrogens is 2. The first kappa shape index (κ1) is 15.1. The Morgan fingerprint density at radius 2 is 2.14 bits per heavy atom. The van der Waals surface area contributed by atoms with Gasteiger partial charge in [0.15, 0.2) is 0 Å². The van der Waals surface area contributed by atoms with Gasteiger partial charge in [0.05, 0.1) is 5.01 Å².